The minimum atomic E-state index is -3.69. The Morgan fingerprint density at radius 2 is 1.88 bits per heavy atom. The number of hydrogen-bond donors (Lipinski definition) is 1. The molecule has 0 aliphatic carbocycles. The van der Waals surface area contributed by atoms with Gasteiger partial charge in [0.25, 0.3) is 10.0 Å². The molecule has 1 amide bonds. The highest BCUT2D eigenvalue weighted by Gasteiger charge is 2.24. The van der Waals surface area contributed by atoms with Gasteiger partial charge in [0.15, 0.2) is 0 Å². The van der Waals surface area contributed by atoms with Crippen LogP contribution in [0.4, 0.5) is 11.4 Å². The van der Waals surface area contributed by atoms with Gasteiger partial charge < -0.3 is 9.64 Å². The number of rotatable bonds is 5. The number of carbonyl (C=O) groups is 1. The molecule has 24 heavy (non-hydrogen) atoms. The Labute approximate surface area is 141 Å². The average Bonchev–Trinajstić information content (AvgIpc) is 2.82. The topological polar surface area (TPSA) is 75.7 Å². The van der Waals surface area contributed by atoms with Gasteiger partial charge in [-0.25, -0.2) is 8.42 Å². The van der Waals surface area contributed by atoms with Gasteiger partial charge in [-0.3, -0.25) is 9.52 Å². The van der Waals surface area contributed by atoms with Gasteiger partial charge >= 0.3 is 0 Å². The summed E-state index contributed by atoms with van der Waals surface area (Å²) >= 11 is 0. The summed E-state index contributed by atoms with van der Waals surface area (Å²) in [6, 6.07) is 11.3. The second kappa shape index (κ2) is 6.16. The van der Waals surface area contributed by atoms with Crippen LogP contribution in [0.15, 0.2) is 47.4 Å². The lowest BCUT2D eigenvalue weighted by Gasteiger charge is -2.12. The van der Waals surface area contributed by atoms with Crippen molar-refractivity contribution in [3.63, 3.8) is 0 Å². The Hall–Kier alpha value is -2.54. The van der Waals surface area contributed by atoms with Gasteiger partial charge in [0, 0.05) is 18.4 Å². The average molecular weight is 346 g/mol. The minimum Gasteiger partial charge on any atom is -0.494 e. The van der Waals surface area contributed by atoms with E-state index in [0.717, 1.165) is 11.3 Å². The highest BCUT2D eigenvalue weighted by molar-refractivity contribution is 7.92. The lowest BCUT2D eigenvalue weighted by atomic mass is 10.1. The predicted molar refractivity (Wildman–Crippen MR) is 92.0 cm³/mol. The van der Waals surface area contributed by atoms with Gasteiger partial charge in [-0.2, -0.15) is 0 Å². The maximum absolute atomic E-state index is 12.5. The molecule has 2 aromatic rings. The van der Waals surface area contributed by atoms with Gasteiger partial charge in [-0.05, 0) is 55.0 Å². The Bertz CT molecular complexity index is 876. The van der Waals surface area contributed by atoms with Gasteiger partial charge in [-0.1, -0.05) is 0 Å². The third kappa shape index (κ3) is 3.07. The smallest absolute Gasteiger partial charge is 0.261 e. The molecule has 0 aromatic heterocycles. The van der Waals surface area contributed by atoms with Crippen molar-refractivity contribution in [3.05, 3.63) is 48.0 Å². The monoisotopic (exact) mass is 346 g/mol. The van der Waals surface area contributed by atoms with E-state index in [1.807, 2.05) is 6.92 Å². The van der Waals surface area contributed by atoms with Crippen LogP contribution < -0.4 is 14.4 Å². The number of sulfonamides is 1. The molecule has 1 aliphatic heterocycles. The number of hydrogen-bond acceptors (Lipinski definition) is 4. The molecular formula is C17H18N2O4S. The van der Waals surface area contributed by atoms with Crippen LogP contribution in [0.2, 0.25) is 0 Å². The Morgan fingerprint density at radius 3 is 2.54 bits per heavy atom. The fourth-order valence-electron chi connectivity index (χ4n) is 2.63. The van der Waals surface area contributed by atoms with E-state index < -0.39 is 10.0 Å². The van der Waals surface area contributed by atoms with Crippen molar-refractivity contribution in [2.75, 3.05) is 23.3 Å². The number of nitrogens with one attached hydrogen (secondary N) is 1. The van der Waals surface area contributed by atoms with Crippen molar-refractivity contribution < 1.29 is 17.9 Å². The zero-order valence-electron chi connectivity index (χ0n) is 13.4. The third-order valence-corrected chi connectivity index (χ3v) is 5.25. The summed E-state index contributed by atoms with van der Waals surface area (Å²) in [4.78, 5) is 13.4. The molecule has 2 aromatic carbocycles. The van der Waals surface area contributed by atoms with E-state index in [-0.39, 0.29) is 17.2 Å². The fraction of sp³-hybridized carbons (Fsp3) is 0.235. The van der Waals surface area contributed by atoms with Crippen LogP contribution in [-0.2, 0) is 21.2 Å². The lowest BCUT2D eigenvalue weighted by molar-refractivity contribution is -0.117. The van der Waals surface area contributed by atoms with E-state index in [1.165, 1.54) is 12.1 Å². The van der Waals surface area contributed by atoms with Crippen LogP contribution in [0.25, 0.3) is 0 Å². The standard InChI is InChI=1S/C17H18N2O4S/c1-3-23-14-5-7-15(8-6-14)24(21,22)18-13-4-9-16-12(10-13)11-17(20)19(16)2/h4-10,18H,3,11H2,1-2H3. The first kappa shape index (κ1) is 16.3. The van der Waals surface area contributed by atoms with Gasteiger partial charge in [0.1, 0.15) is 5.75 Å². The van der Waals surface area contributed by atoms with Crippen molar-refractivity contribution in [2.24, 2.45) is 0 Å². The van der Waals surface area contributed by atoms with Crippen LogP contribution >= 0.6 is 0 Å². The summed E-state index contributed by atoms with van der Waals surface area (Å²) in [6.07, 6.45) is 0.282. The zero-order chi connectivity index (χ0) is 17.3. The molecular weight excluding hydrogens is 328 g/mol. The van der Waals surface area contributed by atoms with Crippen LogP contribution in [0.1, 0.15) is 12.5 Å². The Kier molecular flexibility index (Phi) is 4.19. The summed E-state index contributed by atoms with van der Waals surface area (Å²) in [5, 5.41) is 0. The number of fused-ring (bicyclic) bond motifs is 1. The zero-order valence-corrected chi connectivity index (χ0v) is 14.3. The largest absolute Gasteiger partial charge is 0.494 e. The second-order valence-electron chi connectivity index (χ2n) is 5.48. The number of likely N-dealkylation sites (N-methyl/N-ethyl adjacent to an activating group) is 1. The van der Waals surface area contributed by atoms with Gasteiger partial charge in [-0.15, -0.1) is 0 Å². The van der Waals surface area contributed by atoms with Crippen LogP contribution in [-0.4, -0.2) is 28.0 Å². The molecule has 0 spiro atoms. The SMILES string of the molecule is CCOc1ccc(S(=O)(=O)Nc2ccc3c(c2)CC(=O)N3C)cc1. The molecule has 0 saturated carbocycles. The van der Waals surface area contributed by atoms with E-state index in [9.17, 15) is 13.2 Å². The molecule has 0 saturated heterocycles. The first-order valence-corrected chi connectivity index (χ1v) is 9.04. The van der Waals surface area contributed by atoms with Crippen molar-refractivity contribution in [1.82, 2.24) is 0 Å². The molecule has 1 heterocycles. The summed E-state index contributed by atoms with van der Waals surface area (Å²) in [7, 11) is -1.99. The molecule has 1 aliphatic rings. The van der Waals surface area contributed by atoms with Crippen molar-refractivity contribution in [2.45, 2.75) is 18.2 Å². The van der Waals surface area contributed by atoms with Crippen LogP contribution in [0, 0.1) is 0 Å². The number of carbonyl (C=O) groups excluding carboxylic acids is 1. The predicted octanol–water partition coefficient (Wildman–Crippen LogP) is 2.41. The Morgan fingerprint density at radius 1 is 1.17 bits per heavy atom. The maximum atomic E-state index is 12.5. The van der Waals surface area contributed by atoms with E-state index in [1.54, 1.807) is 42.3 Å². The maximum Gasteiger partial charge on any atom is 0.261 e. The molecule has 1 N–H and O–H groups in total. The summed E-state index contributed by atoms with van der Waals surface area (Å²) in [5.41, 5.74) is 2.06. The quantitative estimate of drug-likeness (QED) is 0.902. The summed E-state index contributed by atoms with van der Waals surface area (Å²) in [6.45, 7) is 2.38. The number of amides is 1. The fourth-order valence-corrected chi connectivity index (χ4v) is 3.68. The van der Waals surface area contributed by atoms with Gasteiger partial charge in [0.05, 0.1) is 17.9 Å². The number of ether oxygens (including phenoxy) is 1. The lowest BCUT2D eigenvalue weighted by Crippen LogP contribution is -2.20. The molecule has 0 radical (unpaired) electrons. The third-order valence-electron chi connectivity index (χ3n) is 3.85. The highest BCUT2D eigenvalue weighted by atomic mass is 32.2. The molecule has 0 atom stereocenters. The number of nitrogens with zero attached hydrogens (tertiary/aromatic N) is 1. The van der Waals surface area contributed by atoms with Gasteiger partial charge in [0.2, 0.25) is 5.91 Å². The number of anilines is 2. The molecule has 7 heteroatoms. The highest BCUT2D eigenvalue weighted by Crippen LogP contribution is 2.30. The molecule has 0 unspecified atom stereocenters. The van der Waals surface area contributed by atoms with E-state index in [2.05, 4.69) is 4.72 Å². The van der Waals surface area contributed by atoms with Crippen LogP contribution in [0.5, 0.6) is 5.75 Å². The first-order chi connectivity index (χ1) is 11.4. The van der Waals surface area contributed by atoms with Crippen LogP contribution in [0.3, 0.4) is 0 Å². The van der Waals surface area contributed by atoms with Crippen molar-refractivity contribution >= 4 is 27.3 Å². The van der Waals surface area contributed by atoms with Crippen molar-refractivity contribution in [1.29, 1.82) is 0 Å². The molecule has 126 valence electrons. The van der Waals surface area contributed by atoms with Crippen molar-refractivity contribution in [3.8, 4) is 5.75 Å². The molecule has 0 bridgehead atoms. The summed E-state index contributed by atoms with van der Waals surface area (Å²) < 4.78 is 32.8. The second-order valence-corrected chi connectivity index (χ2v) is 7.17. The molecule has 3 rings (SSSR count). The first-order valence-electron chi connectivity index (χ1n) is 7.56. The normalized spacial score (nSPS) is 13.8. The number of benzene rings is 2. The molecule has 0 fully saturated rings. The minimum absolute atomic E-state index is 0.00322. The molecule has 6 nitrogen and oxygen atoms in total. The van der Waals surface area contributed by atoms with E-state index in [4.69, 9.17) is 4.74 Å². The van der Waals surface area contributed by atoms with E-state index in [0.29, 0.717) is 18.0 Å². The summed E-state index contributed by atoms with van der Waals surface area (Å²) in [5.74, 6) is 0.618. The Balaban J connectivity index is 1.82. The van der Waals surface area contributed by atoms with E-state index >= 15 is 0 Å².